The summed E-state index contributed by atoms with van der Waals surface area (Å²) in [6, 6.07) is 15.1. The number of carbonyl (C=O) groups is 1. The van der Waals surface area contributed by atoms with Crippen LogP contribution >= 0.6 is 0 Å². The first kappa shape index (κ1) is 24.6. The SMILES string of the molecule is CCOc1ccc(/C=N\NC(=O)c2ccc(O)cc2O)cc1CN1C[C@H]2C[C@@H](C1)c1cccc(=O)n1C2. The van der Waals surface area contributed by atoms with E-state index in [9.17, 15) is 19.8 Å². The summed E-state index contributed by atoms with van der Waals surface area (Å²) >= 11 is 0. The second-order valence-corrected chi connectivity index (χ2v) is 9.59. The van der Waals surface area contributed by atoms with Gasteiger partial charge in [0.05, 0.1) is 18.4 Å². The Balaban J connectivity index is 1.30. The van der Waals surface area contributed by atoms with Crippen LogP contribution in [0, 0.1) is 5.92 Å². The molecule has 0 aliphatic carbocycles. The van der Waals surface area contributed by atoms with E-state index >= 15 is 0 Å². The molecule has 1 amide bonds. The number of rotatable bonds is 7. The Morgan fingerprint density at radius 1 is 1.14 bits per heavy atom. The number of aromatic hydroxyl groups is 2. The molecule has 3 aromatic rings. The van der Waals surface area contributed by atoms with Crippen LogP contribution < -0.4 is 15.7 Å². The molecule has 2 aromatic carbocycles. The lowest BCUT2D eigenvalue weighted by Crippen LogP contribution is -2.46. The minimum Gasteiger partial charge on any atom is -0.508 e. The number of carbonyl (C=O) groups excluding carboxylic acids is 1. The minimum absolute atomic E-state index is 0.0156. The number of aromatic nitrogens is 1. The molecule has 9 heteroatoms. The topological polar surface area (TPSA) is 116 Å². The Kier molecular flexibility index (Phi) is 6.96. The van der Waals surface area contributed by atoms with Crippen LogP contribution in [-0.2, 0) is 13.1 Å². The van der Waals surface area contributed by atoms with Crippen LogP contribution in [0.3, 0.4) is 0 Å². The highest BCUT2D eigenvalue weighted by Crippen LogP contribution is 2.36. The van der Waals surface area contributed by atoms with Gasteiger partial charge in [-0.25, -0.2) is 5.43 Å². The van der Waals surface area contributed by atoms with Gasteiger partial charge in [0.2, 0.25) is 0 Å². The minimum atomic E-state index is -0.584. The first-order valence-electron chi connectivity index (χ1n) is 12.4. The van der Waals surface area contributed by atoms with Gasteiger partial charge in [-0.1, -0.05) is 6.07 Å². The highest BCUT2D eigenvalue weighted by atomic mass is 16.5. The van der Waals surface area contributed by atoms with E-state index in [0.29, 0.717) is 25.0 Å². The zero-order valence-electron chi connectivity index (χ0n) is 20.6. The smallest absolute Gasteiger partial charge is 0.275 e. The highest BCUT2D eigenvalue weighted by molar-refractivity contribution is 5.97. The number of fused-ring (bicyclic) bond motifs is 4. The van der Waals surface area contributed by atoms with Crippen LogP contribution in [-0.4, -0.2) is 51.5 Å². The van der Waals surface area contributed by atoms with Crippen molar-refractivity contribution in [2.45, 2.75) is 32.4 Å². The van der Waals surface area contributed by atoms with Gasteiger partial charge in [0.25, 0.3) is 11.5 Å². The number of nitrogens with zero attached hydrogens (tertiary/aromatic N) is 3. The third-order valence-electron chi connectivity index (χ3n) is 6.94. The first-order chi connectivity index (χ1) is 17.9. The van der Waals surface area contributed by atoms with Gasteiger partial charge in [0.1, 0.15) is 17.2 Å². The van der Waals surface area contributed by atoms with Crippen LogP contribution in [0.15, 0.2) is 64.5 Å². The van der Waals surface area contributed by atoms with Crippen molar-refractivity contribution in [3.63, 3.8) is 0 Å². The van der Waals surface area contributed by atoms with E-state index in [0.717, 1.165) is 54.7 Å². The van der Waals surface area contributed by atoms with E-state index in [1.165, 1.54) is 12.1 Å². The normalized spacial score (nSPS) is 18.9. The number of ether oxygens (including phenoxy) is 1. The molecule has 3 heterocycles. The van der Waals surface area contributed by atoms with Gasteiger partial charge in [-0.05, 0) is 61.2 Å². The van der Waals surface area contributed by atoms with E-state index in [1.807, 2.05) is 35.8 Å². The lowest BCUT2D eigenvalue weighted by molar-refractivity contribution is 0.0952. The van der Waals surface area contributed by atoms with Crippen molar-refractivity contribution < 1.29 is 19.7 Å². The molecule has 9 nitrogen and oxygen atoms in total. The molecule has 1 aromatic heterocycles. The zero-order chi connectivity index (χ0) is 25.9. The number of phenols is 2. The lowest BCUT2D eigenvalue weighted by Gasteiger charge is -2.43. The summed E-state index contributed by atoms with van der Waals surface area (Å²) in [4.78, 5) is 27.1. The Labute approximate surface area is 214 Å². The largest absolute Gasteiger partial charge is 0.508 e. The maximum Gasteiger partial charge on any atom is 0.275 e. The van der Waals surface area contributed by atoms with Crippen molar-refractivity contribution in [2.24, 2.45) is 11.0 Å². The van der Waals surface area contributed by atoms with Crippen molar-refractivity contribution in [1.29, 1.82) is 0 Å². The number of phenolic OH excluding ortho intramolecular Hbond substituents is 2. The Morgan fingerprint density at radius 3 is 2.81 bits per heavy atom. The molecule has 5 rings (SSSR count). The highest BCUT2D eigenvalue weighted by Gasteiger charge is 2.34. The molecule has 2 aliphatic heterocycles. The molecule has 0 saturated carbocycles. The molecule has 2 atom stereocenters. The van der Waals surface area contributed by atoms with E-state index in [-0.39, 0.29) is 22.6 Å². The van der Waals surface area contributed by atoms with Crippen molar-refractivity contribution in [2.75, 3.05) is 19.7 Å². The predicted molar refractivity (Wildman–Crippen MR) is 139 cm³/mol. The summed E-state index contributed by atoms with van der Waals surface area (Å²) in [6.45, 7) is 5.74. The van der Waals surface area contributed by atoms with Gasteiger partial charge in [-0.2, -0.15) is 5.10 Å². The number of nitrogens with one attached hydrogen (secondary N) is 1. The molecule has 37 heavy (non-hydrogen) atoms. The number of hydrogen-bond donors (Lipinski definition) is 3. The van der Waals surface area contributed by atoms with Gasteiger partial charge in [-0.15, -0.1) is 0 Å². The summed E-state index contributed by atoms with van der Waals surface area (Å²) in [5.41, 5.74) is 5.45. The van der Waals surface area contributed by atoms with E-state index < -0.39 is 5.91 Å². The molecule has 0 spiro atoms. The van der Waals surface area contributed by atoms with Gasteiger partial charge in [-0.3, -0.25) is 14.5 Å². The average molecular weight is 503 g/mol. The maximum absolute atomic E-state index is 12.3. The lowest BCUT2D eigenvalue weighted by atomic mass is 9.83. The van der Waals surface area contributed by atoms with Crippen molar-refractivity contribution in [3.05, 3.63) is 87.3 Å². The summed E-state index contributed by atoms with van der Waals surface area (Å²) in [6.07, 6.45) is 2.64. The number of likely N-dealkylation sites (tertiary alicyclic amines) is 1. The van der Waals surface area contributed by atoms with E-state index in [2.05, 4.69) is 21.5 Å². The zero-order valence-corrected chi connectivity index (χ0v) is 20.6. The summed E-state index contributed by atoms with van der Waals surface area (Å²) in [7, 11) is 0. The maximum atomic E-state index is 12.3. The Morgan fingerprint density at radius 2 is 2.00 bits per heavy atom. The van der Waals surface area contributed by atoms with Gasteiger partial charge < -0.3 is 19.5 Å². The number of amides is 1. The fraction of sp³-hybridized carbons (Fsp3) is 0.321. The van der Waals surface area contributed by atoms with Crippen LogP contribution in [0.2, 0.25) is 0 Å². The number of pyridine rings is 1. The predicted octanol–water partition coefficient (Wildman–Crippen LogP) is 3.04. The second-order valence-electron chi connectivity index (χ2n) is 9.59. The van der Waals surface area contributed by atoms with Crippen LogP contribution in [0.4, 0.5) is 0 Å². The molecule has 3 N–H and O–H groups in total. The van der Waals surface area contributed by atoms with Crippen LogP contribution in [0.5, 0.6) is 17.2 Å². The summed E-state index contributed by atoms with van der Waals surface area (Å²) < 4.78 is 7.82. The number of benzene rings is 2. The number of piperidine rings is 1. The molecular formula is C28H30N4O5. The van der Waals surface area contributed by atoms with Gasteiger partial charge in [0, 0.05) is 55.5 Å². The summed E-state index contributed by atoms with van der Waals surface area (Å²) in [5, 5.41) is 23.3. The number of hydrazone groups is 1. The van der Waals surface area contributed by atoms with Gasteiger partial charge >= 0.3 is 0 Å². The molecular weight excluding hydrogens is 472 g/mol. The molecule has 1 saturated heterocycles. The first-order valence-corrected chi connectivity index (χ1v) is 12.4. The summed E-state index contributed by atoms with van der Waals surface area (Å²) in [5.74, 6) is 0.528. The molecule has 2 bridgehead atoms. The van der Waals surface area contributed by atoms with Crippen LogP contribution in [0.1, 0.15) is 46.4 Å². The Hall–Kier alpha value is -4.11. The second kappa shape index (κ2) is 10.5. The average Bonchev–Trinajstić information content (AvgIpc) is 2.86. The third-order valence-corrected chi connectivity index (χ3v) is 6.94. The van der Waals surface area contributed by atoms with Crippen molar-refractivity contribution in [3.8, 4) is 17.2 Å². The molecule has 192 valence electrons. The standard InChI is InChI=1S/C28H30N4O5/c1-2-37-26-9-6-18(13-29-30-28(36)23-8-7-22(33)12-25(23)34)10-21(26)17-31-14-19-11-20(16-31)24-4-3-5-27(35)32(24)15-19/h3-10,12-13,19-20,33-34H,2,11,14-17H2,1H3,(H,30,36)/b29-13-/t19-,20+/m1/s1. The Bertz CT molecular complexity index is 1400. The van der Waals surface area contributed by atoms with E-state index in [4.69, 9.17) is 4.74 Å². The third kappa shape index (κ3) is 5.36. The fourth-order valence-corrected chi connectivity index (χ4v) is 5.40. The van der Waals surface area contributed by atoms with Crippen molar-refractivity contribution >= 4 is 12.1 Å². The quantitative estimate of drug-likeness (QED) is 0.338. The monoisotopic (exact) mass is 502 g/mol. The van der Waals surface area contributed by atoms with E-state index in [1.54, 1.807) is 12.3 Å². The molecule has 0 radical (unpaired) electrons. The van der Waals surface area contributed by atoms with Gasteiger partial charge in [0.15, 0.2) is 0 Å². The molecule has 0 unspecified atom stereocenters. The number of hydrogen-bond acceptors (Lipinski definition) is 7. The molecule has 2 aliphatic rings. The molecule has 1 fully saturated rings. The fourth-order valence-electron chi connectivity index (χ4n) is 5.40. The van der Waals surface area contributed by atoms with Crippen molar-refractivity contribution in [1.82, 2.24) is 14.9 Å². The van der Waals surface area contributed by atoms with Crippen LogP contribution in [0.25, 0.3) is 0 Å².